The lowest BCUT2D eigenvalue weighted by Gasteiger charge is -2.19. The molecule has 0 aromatic carbocycles. The molecule has 0 spiro atoms. The molecule has 4 heterocycles. The number of nitrogens with one attached hydrogen (secondary N) is 1. The fourth-order valence-electron chi connectivity index (χ4n) is 3.89. The first-order valence-corrected chi connectivity index (χ1v) is 9.31. The van der Waals surface area contributed by atoms with Crippen LogP contribution in [0.4, 0.5) is 5.82 Å². The summed E-state index contributed by atoms with van der Waals surface area (Å²) in [6, 6.07) is 6.40. The van der Waals surface area contributed by atoms with Crippen molar-refractivity contribution in [2.75, 3.05) is 31.1 Å². The Hall–Kier alpha value is -1.92. The van der Waals surface area contributed by atoms with Gasteiger partial charge in [0.15, 0.2) is 0 Å². The minimum absolute atomic E-state index is 0.149. The summed E-state index contributed by atoms with van der Waals surface area (Å²) in [5.74, 6) is 1.61. The number of anilines is 1. The second kappa shape index (κ2) is 7.54. The van der Waals surface area contributed by atoms with Gasteiger partial charge in [-0.15, -0.1) is 0 Å². The molecule has 2 saturated heterocycles. The lowest BCUT2D eigenvalue weighted by molar-refractivity contribution is 0.0838. The maximum atomic E-state index is 5.95. The molecule has 0 bridgehead atoms. The molecule has 0 aliphatic carbocycles. The number of aryl methyl sites for hydroxylation is 1. The molecule has 2 aromatic heterocycles. The minimum atomic E-state index is 0.149. The van der Waals surface area contributed by atoms with Gasteiger partial charge >= 0.3 is 0 Å². The summed E-state index contributed by atoms with van der Waals surface area (Å²) in [7, 11) is 1.98. The SMILES string of the molecule is Cn1nccc1[C@@H]1OCC[C@H]1CNCc1ccc(N2CCCC2)nc1. The molecule has 25 heavy (non-hydrogen) atoms. The number of ether oxygens (including phenoxy) is 1. The van der Waals surface area contributed by atoms with Crippen LogP contribution in [0, 0.1) is 5.92 Å². The van der Waals surface area contributed by atoms with Crippen LogP contribution in [0.1, 0.15) is 36.6 Å². The first kappa shape index (κ1) is 16.5. The highest BCUT2D eigenvalue weighted by molar-refractivity contribution is 5.40. The van der Waals surface area contributed by atoms with E-state index in [0.717, 1.165) is 45.0 Å². The second-order valence-corrected chi connectivity index (χ2v) is 7.07. The van der Waals surface area contributed by atoms with Gasteiger partial charge in [0.1, 0.15) is 11.9 Å². The van der Waals surface area contributed by atoms with E-state index in [1.54, 1.807) is 0 Å². The van der Waals surface area contributed by atoms with Crippen molar-refractivity contribution in [3.8, 4) is 0 Å². The van der Waals surface area contributed by atoms with Crippen LogP contribution in [0.15, 0.2) is 30.6 Å². The summed E-state index contributed by atoms with van der Waals surface area (Å²) < 4.78 is 7.87. The van der Waals surface area contributed by atoms with E-state index in [1.807, 2.05) is 24.1 Å². The van der Waals surface area contributed by atoms with Gasteiger partial charge in [0, 0.05) is 58.1 Å². The molecule has 6 heteroatoms. The lowest BCUT2D eigenvalue weighted by Crippen LogP contribution is -2.25. The predicted octanol–water partition coefficient (Wildman–Crippen LogP) is 2.28. The minimum Gasteiger partial charge on any atom is -0.372 e. The predicted molar refractivity (Wildman–Crippen MR) is 97.4 cm³/mol. The molecular weight excluding hydrogens is 314 g/mol. The summed E-state index contributed by atoms with van der Waals surface area (Å²) >= 11 is 0. The van der Waals surface area contributed by atoms with Gasteiger partial charge in [-0.2, -0.15) is 5.10 Å². The van der Waals surface area contributed by atoms with Gasteiger partial charge in [0.05, 0.1) is 5.69 Å². The van der Waals surface area contributed by atoms with Gasteiger partial charge in [0.2, 0.25) is 0 Å². The van der Waals surface area contributed by atoms with Crippen molar-refractivity contribution in [3.05, 3.63) is 41.9 Å². The Bertz CT molecular complexity index is 677. The Balaban J connectivity index is 1.29. The summed E-state index contributed by atoms with van der Waals surface area (Å²) in [4.78, 5) is 6.99. The highest BCUT2D eigenvalue weighted by Crippen LogP contribution is 2.33. The maximum Gasteiger partial charge on any atom is 0.128 e. The van der Waals surface area contributed by atoms with Gasteiger partial charge in [-0.05, 0) is 37.0 Å². The molecule has 0 amide bonds. The topological polar surface area (TPSA) is 55.2 Å². The molecule has 6 nitrogen and oxygen atoms in total. The standard InChI is InChI=1S/C19H27N5O/c1-23-17(6-8-22-23)19-16(7-11-25-19)14-20-12-15-4-5-18(21-13-15)24-9-2-3-10-24/h4-6,8,13,16,19-20H,2-3,7,9-12,14H2,1H3/t16-,19+/m0/s1. The van der Waals surface area contributed by atoms with Crippen LogP contribution in [0.2, 0.25) is 0 Å². The Morgan fingerprint density at radius 1 is 1.24 bits per heavy atom. The number of rotatable bonds is 6. The van der Waals surface area contributed by atoms with Crippen LogP contribution < -0.4 is 10.2 Å². The van der Waals surface area contributed by atoms with Crippen molar-refractivity contribution >= 4 is 5.82 Å². The Morgan fingerprint density at radius 2 is 2.12 bits per heavy atom. The molecular formula is C19H27N5O. The first-order chi connectivity index (χ1) is 12.3. The monoisotopic (exact) mass is 341 g/mol. The van der Waals surface area contributed by atoms with Gasteiger partial charge in [-0.25, -0.2) is 4.98 Å². The molecule has 0 saturated carbocycles. The van der Waals surface area contributed by atoms with Crippen molar-refractivity contribution in [1.29, 1.82) is 0 Å². The third kappa shape index (κ3) is 3.70. The van der Waals surface area contributed by atoms with Gasteiger partial charge in [0.25, 0.3) is 0 Å². The highest BCUT2D eigenvalue weighted by atomic mass is 16.5. The van der Waals surface area contributed by atoms with E-state index in [0.29, 0.717) is 5.92 Å². The van der Waals surface area contributed by atoms with Crippen LogP contribution in [0.25, 0.3) is 0 Å². The summed E-state index contributed by atoms with van der Waals surface area (Å²) in [6.45, 7) is 4.91. The third-order valence-electron chi connectivity index (χ3n) is 5.34. The fraction of sp³-hybridized carbons (Fsp3) is 0.579. The van der Waals surface area contributed by atoms with Gasteiger partial charge in [-0.3, -0.25) is 4.68 Å². The zero-order valence-electron chi connectivity index (χ0n) is 14.9. The number of nitrogens with zero attached hydrogens (tertiary/aromatic N) is 4. The second-order valence-electron chi connectivity index (χ2n) is 7.07. The maximum absolute atomic E-state index is 5.95. The third-order valence-corrected chi connectivity index (χ3v) is 5.34. The normalized spacial score (nSPS) is 23.5. The Labute approximate surface area is 149 Å². The van der Waals surface area contributed by atoms with Crippen LogP contribution in [0.3, 0.4) is 0 Å². The quantitative estimate of drug-likeness (QED) is 0.874. The molecule has 2 aromatic rings. The molecule has 2 aliphatic heterocycles. The van der Waals surface area contributed by atoms with E-state index in [2.05, 4.69) is 38.5 Å². The molecule has 2 aliphatic rings. The Kier molecular flexibility index (Phi) is 4.99. The van der Waals surface area contributed by atoms with E-state index >= 15 is 0 Å². The van der Waals surface area contributed by atoms with E-state index in [4.69, 9.17) is 4.74 Å². The summed E-state index contributed by atoms with van der Waals surface area (Å²) in [5.41, 5.74) is 2.40. The largest absolute Gasteiger partial charge is 0.372 e. The molecule has 0 unspecified atom stereocenters. The van der Waals surface area contributed by atoms with E-state index in [9.17, 15) is 0 Å². The highest BCUT2D eigenvalue weighted by Gasteiger charge is 2.31. The van der Waals surface area contributed by atoms with Crippen molar-refractivity contribution in [2.45, 2.75) is 31.9 Å². The van der Waals surface area contributed by atoms with Crippen LogP contribution in [0.5, 0.6) is 0 Å². The molecule has 2 fully saturated rings. The number of hydrogen-bond acceptors (Lipinski definition) is 5. The van der Waals surface area contributed by atoms with Crippen LogP contribution in [-0.2, 0) is 18.3 Å². The van der Waals surface area contributed by atoms with Crippen molar-refractivity contribution in [3.63, 3.8) is 0 Å². The summed E-state index contributed by atoms with van der Waals surface area (Å²) in [6.07, 6.45) is 7.66. The Morgan fingerprint density at radius 3 is 2.84 bits per heavy atom. The fourth-order valence-corrected chi connectivity index (χ4v) is 3.89. The molecule has 4 rings (SSSR count). The van der Waals surface area contributed by atoms with Gasteiger partial charge in [-0.1, -0.05) is 6.07 Å². The number of aromatic nitrogens is 3. The molecule has 134 valence electrons. The average Bonchev–Trinajstić information content (AvgIpc) is 3.37. The average molecular weight is 341 g/mol. The molecule has 0 radical (unpaired) electrons. The number of pyridine rings is 1. The zero-order valence-corrected chi connectivity index (χ0v) is 14.9. The molecule has 2 atom stereocenters. The van der Waals surface area contributed by atoms with Crippen molar-refractivity contribution < 1.29 is 4.74 Å². The van der Waals surface area contributed by atoms with Crippen LogP contribution >= 0.6 is 0 Å². The first-order valence-electron chi connectivity index (χ1n) is 9.31. The zero-order chi connectivity index (χ0) is 17.1. The number of hydrogen-bond donors (Lipinski definition) is 1. The molecule has 1 N–H and O–H groups in total. The summed E-state index contributed by atoms with van der Waals surface area (Å²) in [5, 5.41) is 7.85. The van der Waals surface area contributed by atoms with E-state index in [1.165, 1.54) is 24.1 Å². The lowest BCUT2D eigenvalue weighted by atomic mass is 9.99. The smallest absolute Gasteiger partial charge is 0.128 e. The van der Waals surface area contributed by atoms with E-state index < -0.39 is 0 Å². The van der Waals surface area contributed by atoms with Crippen molar-refractivity contribution in [2.24, 2.45) is 13.0 Å². The van der Waals surface area contributed by atoms with Crippen LogP contribution in [-0.4, -0.2) is 41.0 Å². The van der Waals surface area contributed by atoms with Gasteiger partial charge < -0.3 is 15.0 Å². The van der Waals surface area contributed by atoms with Crippen molar-refractivity contribution in [1.82, 2.24) is 20.1 Å². The van der Waals surface area contributed by atoms with E-state index in [-0.39, 0.29) is 6.10 Å².